The Morgan fingerprint density at radius 1 is 1.21 bits per heavy atom. The van der Waals surface area contributed by atoms with E-state index in [-0.39, 0.29) is 17.4 Å². The van der Waals surface area contributed by atoms with Crippen molar-refractivity contribution in [3.05, 3.63) is 48.6 Å². The molecule has 0 N–H and O–H groups in total. The van der Waals surface area contributed by atoms with Crippen molar-refractivity contribution >= 4 is 35.9 Å². The molecule has 76 valence electrons. The molecule has 1 aromatic carbocycles. The molecular weight excluding hydrogens is 275 g/mol. The first-order valence-electron chi connectivity index (χ1n) is 3.77. The van der Waals surface area contributed by atoms with Crippen LogP contribution in [0.4, 0.5) is 0 Å². The number of hydrogen-bond acceptors (Lipinski definition) is 1. The number of rotatable bonds is 4. The van der Waals surface area contributed by atoms with E-state index in [9.17, 15) is 0 Å². The second-order valence-corrected chi connectivity index (χ2v) is 6.14. The van der Waals surface area contributed by atoms with Crippen molar-refractivity contribution in [1.29, 1.82) is 0 Å². The first-order valence-corrected chi connectivity index (χ1v) is 7.74. The summed E-state index contributed by atoms with van der Waals surface area (Å²) in [6.45, 7) is 1.52. The van der Waals surface area contributed by atoms with Crippen LogP contribution in [0.1, 0.15) is 5.56 Å². The number of halogens is 2. The molecule has 0 saturated carbocycles. The SMILES string of the molecule is Cl[SiH](Cl)O[CH-]/C=C/c1ccccc1.[Cr]. The third kappa shape index (κ3) is 6.55. The van der Waals surface area contributed by atoms with E-state index in [0.717, 1.165) is 5.56 Å². The van der Waals surface area contributed by atoms with Gasteiger partial charge in [0.1, 0.15) is 0 Å². The fourth-order valence-corrected chi connectivity index (χ4v) is 1.39. The minimum Gasteiger partial charge on any atom is -0.461 e. The molecule has 0 atom stereocenters. The van der Waals surface area contributed by atoms with Crippen LogP contribution < -0.4 is 0 Å². The first kappa shape index (κ1) is 14.1. The Balaban J connectivity index is 0.00000169. The van der Waals surface area contributed by atoms with Gasteiger partial charge in [-0.05, 0) is 0 Å². The van der Waals surface area contributed by atoms with Crippen LogP contribution in [0, 0.1) is 6.61 Å². The van der Waals surface area contributed by atoms with Crippen LogP contribution in [-0.4, -0.2) is 7.66 Å². The maximum absolute atomic E-state index is 5.48. The Bertz CT molecular complexity index is 267. The van der Waals surface area contributed by atoms with Gasteiger partial charge in [0, 0.05) is 17.4 Å². The zero-order valence-electron chi connectivity index (χ0n) is 7.27. The summed E-state index contributed by atoms with van der Waals surface area (Å²) in [5, 5.41) is 0. The van der Waals surface area contributed by atoms with E-state index < -0.39 is 7.66 Å². The van der Waals surface area contributed by atoms with Gasteiger partial charge < -0.3 is 4.43 Å². The average Bonchev–Trinajstić information content (AvgIpc) is 2.14. The van der Waals surface area contributed by atoms with Gasteiger partial charge in [-0.3, -0.25) is 0 Å². The Kier molecular flexibility index (Phi) is 8.50. The minimum atomic E-state index is -1.96. The fourth-order valence-electron chi connectivity index (χ4n) is 0.819. The smallest absolute Gasteiger partial charge is 0.360 e. The molecule has 0 aliphatic heterocycles. The molecule has 1 nitrogen and oxygen atoms in total. The third-order valence-corrected chi connectivity index (χ3v) is 2.33. The summed E-state index contributed by atoms with van der Waals surface area (Å²) >= 11 is 11.0. The molecular formula is C9H9Cl2CrOSi-. The zero-order valence-corrected chi connectivity index (χ0v) is 11.2. The average molecular weight is 284 g/mol. The van der Waals surface area contributed by atoms with Gasteiger partial charge in [0.2, 0.25) is 0 Å². The van der Waals surface area contributed by atoms with E-state index in [1.54, 1.807) is 6.08 Å². The standard InChI is InChI=1S/C9H9Cl2OSi.Cr/c10-13(11)12-8-4-7-9-5-2-1-3-6-9;/h1-8,13H;/q-1;/b7-4+;. The van der Waals surface area contributed by atoms with Gasteiger partial charge in [0.15, 0.2) is 0 Å². The van der Waals surface area contributed by atoms with Crippen LogP contribution in [0.2, 0.25) is 0 Å². The molecule has 0 unspecified atom stereocenters. The molecule has 0 radical (unpaired) electrons. The van der Waals surface area contributed by atoms with E-state index in [0.29, 0.717) is 0 Å². The molecule has 1 rings (SSSR count). The topological polar surface area (TPSA) is 9.23 Å². The monoisotopic (exact) mass is 283 g/mol. The van der Waals surface area contributed by atoms with Gasteiger partial charge in [0.25, 0.3) is 0 Å². The summed E-state index contributed by atoms with van der Waals surface area (Å²) in [5.74, 6) is 0. The van der Waals surface area contributed by atoms with Crippen molar-refractivity contribution in [3.63, 3.8) is 0 Å². The summed E-state index contributed by atoms with van der Waals surface area (Å²) in [6.07, 6.45) is 3.70. The molecule has 0 aliphatic carbocycles. The van der Waals surface area contributed by atoms with Gasteiger partial charge in [0.05, 0.1) is 0 Å². The predicted octanol–water partition coefficient (Wildman–Crippen LogP) is 3.07. The van der Waals surface area contributed by atoms with Crippen LogP contribution in [0.3, 0.4) is 0 Å². The number of benzene rings is 1. The van der Waals surface area contributed by atoms with Gasteiger partial charge in [-0.1, -0.05) is 30.3 Å². The zero-order chi connectivity index (χ0) is 9.52. The van der Waals surface area contributed by atoms with Crippen LogP contribution >= 0.6 is 22.2 Å². The van der Waals surface area contributed by atoms with E-state index >= 15 is 0 Å². The van der Waals surface area contributed by atoms with Crippen molar-refractivity contribution in [2.45, 2.75) is 0 Å². The van der Waals surface area contributed by atoms with Crippen molar-refractivity contribution in [2.24, 2.45) is 0 Å². The first-order chi connectivity index (χ1) is 6.29. The van der Waals surface area contributed by atoms with Crippen LogP contribution in [0.15, 0.2) is 36.4 Å². The number of hydrogen-bond donors (Lipinski definition) is 0. The summed E-state index contributed by atoms with van der Waals surface area (Å²) in [6, 6.07) is 9.92. The third-order valence-electron chi connectivity index (χ3n) is 1.35. The maximum Gasteiger partial charge on any atom is 0.360 e. The molecule has 14 heavy (non-hydrogen) atoms. The van der Waals surface area contributed by atoms with Crippen LogP contribution in [0.5, 0.6) is 0 Å². The molecule has 5 heteroatoms. The van der Waals surface area contributed by atoms with Crippen molar-refractivity contribution in [1.82, 2.24) is 0 Å². The van der Waals surface area contributed by atoms with Crippen LogP contribution in [0.25, 0.3) is 6.08 Å². The normalized spacial score (nSPS) is 10.2. The van der Waals surface area contributed by atoms with E-state index in [1.807, 2.05) is 36.4 Å². The van der Waals surface area contributed by atoms with Crippen molar-refractivity contribution < 1.29 is 21.8 Å². The molecule has 0 saturated heterocycles. The van der Waals surface area contributed by atoms with Gasteiger partial charge in [-0.2, -0.15) is 0 Å². The molecule has 0 heterocycles. The van der Waals surface area contributed by atoms with E-state index in [4.69, 9.17) is 26.6 Å². The van der Waals surface area contributed by atoms with Gasteiger partial charge >= 0.3 is 7.66 Å². The van der Waals surface area contributed by atoms with Crippen LogP contribution in [-0.2, 0) is 21.8 Å². The Morgan fingerprint density at radius 3 is 2.43 bits per heavy atom. The fraction of sp³-hybridized carbons (Fsp3) is 0. The van der Waals surface area contributed by atoms with Crippen molar-refractivity contribution in [2.75, 3.05) is 0 Å². The quantitative estimate of drug-likeness (QED) is 0.469. The largest absolute Gasteiger partial charge is 0.461 e. The summed E-state index contributed by atoms with van der Waals surface area (Å²) in [5.41, 5.74) is 1.12. The van der Waals surface area contributed by atoms with Crippen molar-refractivity contribution in [3.8, 4) is 0 Å². The second kappa shape index (κ2) is 8.43. The molecule has 0 bridgehead atoms. The molecule has 0 amide bonds. The summed E-state index contributed by atoms with van der Waals surface area (Å²) < 4.78 is 4.92. The molecule has 0 aliphatic rings. The maximum atomic E-state index is 5.48. The Labute approximate surface area is 106 Å². The summed E-state index contributed by atoms with van der Waals surface area (Å²) in [4.78, 5) is 0. The molecule has 1 aromatic rings. The molecule has 0 fully saturated rings. The Hall–Kier alpha value is 0.119. The summed E-state index contributed by atoms with van der Waals surface area (Å²) in [7, 11) is -1.96. The minimum absolute atomic E-state index is 0. The molecule has 0 spiro atoms. The van der Waals surface area contributed by atoms with Gasteiger partial charge in [-0.15, -0.1) is 34.3 Å². The van der Waals surface area contributed by atoms with Gasteiger partial charge in [-0.25, -0.2) is 12.2 Å². The molecule has 0 aromatic heterocycles. The van der Waals surface area contributed by atoms with E-state index in [1.165, 1.54) is 6.61 Å². The van der Waals surface area contributed by atoms with E-state index in [2.05, 4.69) is 0 Å². The predicted molar refractivity (Wildman–Crippen MR) is 59.7 cm³/mol. The Morgan fingerprint density at radius 2 is 1.86 bits per heavy atom. The second-order valence-electron chi connectivity index (χ2n) is 2.30.